The predicted molar refractivity (Wildman–Crippen MR) is 68.9 cm³/mol. The lowest BCUT2D eigenvalue weighted by Crippen LogP contribution is -2.37. The summed E-state index contributed by atoms with van der Waals surface area (Å²) in [6.45, 7) is 2.60. The summed E-state index contributed by atoms with van der Waals surface area (Å²) >= 11 is 0. The van der Waals surface area contributed by atoms with Crippen molar-refractivity contribution in [3.63, 3.8) is 0 Å². The number of pyridine rings is 1. The van der Waals surface area contributed by atoms with Gasteiger partial charge in [0.2, 0.25) is 0 Å². The zero-order chi connectivity index (χ0) is 13.4. The van der Waals surface area contributed by atoms with Gasteiger partial charge in [0, 0.05) is 18.3 Å². The van der Waals surface area contributed by atoms with E-state index in [1.807, 2.05) is 17.5 Å². The van der Waals surface area contributed by atoms with Gasteiger partial charge in [-0.05, 0) is 31.9 Å². The molecule has 3 rings (SSSR count). The summed E-state index contributed by atoms with van der Waals surface area (Å²) in [5.41, 5.74) is 1.27. The molecule has 2 aromatic rings. The molecule has 1 aliphatic heterocycles. The SMILES string of the molecule is Cc1nnc2cc(C(=O)N3CCCC3CO)ccn12. The number of nitrogens with zero attached hydrogens (tertiary/aromatic N) is 4. The number of fused-ring (bicyclic) bond motifs is 1. The highest BCUT2D eigenvalue weighted by Gasteiger charge is 2.28. The first-order chi connectivity index (χ1) is 9.20. The molecule has 0 spiro atoms. The van der Waals surface area contributed by atoms with E-state index >= 15 is 0 Å². The maximum Gasteiger partial charge on any atom is 0.254 e. The summed E-state index contributed by atoms with van der Waals surface area (Å²) in [5.74, 6) is 0.753. The van der Waals surface area contributed by atoms with E-state index in [2.05, 4.69) is 10.2 Å². The van der Waals surface area contributed by atoms with Crippen LogP contribution in [0.5, 0.6) is 0 Å². The Hall–Kier alpha value is -1.95. The van der Waals surface area contributed by atoms with Crippen LogP contribution in [0.1, 0.15) is 29.0 Å². The van der Waals surface area contributed by atoms with Crippen LogP contribution in [0, 0.1) is 6.92 Å². The van der Waals surface area contributed by atoms with Crippen molar-refractivity contribution in [2.24, 2.45) is 0 Å². The molecule has 0 aromatic carbocycles. The molecular formula is C13H16N4O2. The number of aromatic nitrogens is 3. The van der Waals surface area contributed by atoms with Crippen molar-refractivity contribution in [1.82, 2.24) is 19.5 Å². The Labute approximate surface area is 110 Å². The fourth-order valence-corrected chi connectivity index (χ4v) is 2.60. The molecule has 19 heavy (non-hydrogen) atoms. The summed E-state index contributed by atoms with van der Waals surface area (Å²) < 4.78 is 1.84. The highest BCUT2D eigenvalue weighted by Crippen LogP contribution is 2.20. The van der Waals surface area contributed by atoms with Crippen molar-refractivity contribution in [3.05, 3.63) is 29.7 Å². The third-order valence-corrected chi connectivity index (χ3v) is 3.68. The zero-order valence-electron chi connectivity index (χ0n) is 10.8. The molecule has 3 heterocycles. The lowest BCUT2D eigenvalue weighted by Gasteiger charge is -2.23. The summed E-state index contributed by atoms with van der Waals surface area (Å²) in [4.78, 5) is 14.2. The van der Waals surface area contributed by atoms with Crippen LogP contribution in [0.2, 0.25) is 0 Å². The largest absolute Gasteiger partial charge is 0.394 e. The Morgan fingerprint density at radius 3 is 3.16 bits per heavy atom. The number of hydrogen-bond donors (Lipinski definition) is 1. The second kappa shape index (κ2) is 4.62. The van der Waals surface area contributed by atoms with Crippen LogP contribution in [-0.4, -0.2) is 49.7 Å². The lowest BCUT2D eigenvalue weighted by molar-refractivity contribution is 0.0677. The number of carbonyl (C=O) groups excluding carboxylic acids is 1. The van der Waals surface area contributed by atoms with Gasteiger partial charge in [-0.15, -0.1) is 10.2 Å². The smallest absolute Gasteiger partial charge is 0.254 e. The number of hydrogen-bond acceptors (Lipinski definition) is 4. The summed E-state index contributed by atoms with van der Waals surface area (Å²) in [5, 5.41) is 17.3. The number of rotatable bonds is 2. The number of aliphatic hydroxyl groups excluding tert-OH is 1. The van der Waals surface area contributed by atoms with Crippen LogP contribution in [0.15, 0.2) is 18.3 Å². The van der Waals surface area contributed by atoms with Gasteiger partial charge in [0.15, 0.2) is 5.65 Å². The van der Waals surface area contributed by atoms with E-state index < -0.39 is 0 Å². The van der Waals surface area contributed by atoms with E-state index in [0.717, 1.165) is 18.7 Å². The van der Waals surface area contributed by atoms with Crippen molar-refractivity contribution in [1.29, 1.82) is 0 Å². The molecule has 2 aromatic heterocycles. The zero-order valence-corrected chi connectivity index (χ0v) is 10.8. The van der Waals surface area contributed by atoms with Gasteiger partial charge in [-0.1, -0.05) is 0 Å². The quantitative estimate of drug-likeness (QED) is 0.860. The average molecular weight is 260 g/mol. The molecule has 0 saturated carbocycles. The van der Waals surface area contributed by atoms with Crippen LogP contribution < -0.4 is 0 Å². The highest BCUT2D eigenvalue weighted by atomic mass is 16.3. The van der Waals surface area contributed by atoms with E-state index in [-0.39, 0.29) is 18.6 Å². The van der Waals surface area contributed by atoms with E-state index in [4.69, 9.17) is 0 Å². The first-order valence-corrected chi connectivity index (χ1v) is 6.44. The van der Waals surface area contributed by atoms with Crippen molar-refractivity contribution < 1.29 is 9.90 Å². The van der Waals surface area contributed by atoms with Gasteiger partial charge < -0.3 is 10.0 Å². The summed E-state index contributed by atoms with van der Waals surface area (Å²) in [6, 6.07) is 3.47. The first-order valence-electron chi connectivity index (χ1n) is 6.44. The monoisotopic (exact) mass is 260 g/mol. The summed E-state index contributed by atoms with van der Waals surface area (Å²) in [6.07, 6.45) is 3.62. The van der Waals surface area contributed by atoms with Crippen LogP contribution in [0.3, 0.4) is 0 Å². The molecule has 1 amide bonds. The molecule has 1 aliphatic rings. The minimum Gasteiger partial charge on any atom is -0.394 e. The third-order valence-electron chi connectivity index (χ3n) is 3.68. The molecule has 0 bridgehead atoms. The van der Waals surface area contributed by atoms with Gasteiger partial charge >= 0.3 is 0 Å². The number of aliphatic hydroxyl groups is 1. The van der Waals surface area contributed by atoms with E-state index in [9.17, 15) is 9.90 Å². The molecule has 1 fully saturated rings. The van der Waals surface area contributed by atoms with Crippen molar-refractivity contribution in [2.45, 2.75) is 25.8 Å². The van der Waals surface area contributed by atoms with Crippen LogP contribution in [-0.2, 0) is 0 Å². The maximum atomic E-state index is 12.4. The van der Waals surface area contributed by atoms with Crippen molar-refractivity contribution in [2.75, 3.05) is 13.2 Å². The van der Waals surface area contributed by atoms with Gasteiger partial charge in [0.1, 0.15) is 5.82 Å². The lowest BCUT2D eigenvalue weighted by atomic mass is 10.2. The normalized spacial score (nSPS) is 19.3. The minimum atomic E-state index is -0.0525. The van der Waals surface area contributed by atoms with Crippen molar-refractivity contribution >= 4 is 11.6 Å². The third kappa shape index (κ3) is 1.98. The van der Waals surface area contributed by atoms with Crippen LogP contribution in [0.25, 0.3) is 5.65 Å². The molecule has 100 valence electrons. The topological polar surface area (TPSA) is 70.7 Å². The van der Waals surface area contributed by atoms with E-state index in [0.29, 0.717) is 17.8 Å². The Balaban J connectivity index is 1.93. The fourth-order valence-electron chi connectivity index (χ4n) is 2.60. The Morgan fingerprint density at radius 2 is 2.37 bits per heavy atom. The Morgan fingerprint density at radius 1 is 1.53 bits per heavy atom. The van der Waals surface area contributed by atoms with E-state index in [1.165, 1.54) is 0 Å². The fraction of sp³-hybridized carbons (Fsp3) is 0.462. The molecule has 1 saturated heterocycles. The molecule has 0 radical (unpaired) electrons. The molecular weight excluding hydrogens is 244 g/mol. The number of aryl methyl sites for hydroxylation is 1. The number of carbonyl (C=O) groups is 1. The average Bonchev–Trinajstić information content (AvgIpc) is 3.04. The molecule has 6 nitrogen and oxygen atoms in total. The Kier molecular flexibility index (Phi) is 2.94. The number of amides is 1. The highest BCUT2D eigenvalue weighted by molar-refractivity contribution is 5.95. The molecule has 1 atom stereocenters. The van der Waals surface area contributed by atoms with Crippen LogP contribution >= 0.6 is 0 Å². The van der Waals surface area contributed by atoms with Crippen LogP contribution in [0.4, 0.5) is 0 Å². The maximum absolute atomic E-state index is 12.4. The van der Waals surface area contributed by atoms with Gasteiger partial charge in [0.05, 0.1) is 12.6 Å². The standard InChI is InChI=1S/C13H16N4O2/c1-9-14-15-12-7-10(4-6-16(9)12)13(19)17-5-2-3-11(17)8-18/h4,6-7,11,18H,2-3,5,8H2,1H3. The summed E-state index contributed by atoms with van der Waals surface area (Å²) in [7, 11) is 0. The number of likely N-dealkylation sites (tertiary alicyclic amines) is 1. The van der Waals surface area contributed by atoms with E-state index in [1.54, 1.807) is 17.0 Å². The van der Waals surface area contributed by atoms with Gasteiger partial charge in [0.25, 0.3) is 5.91 Å². The van der Waals surface area contributed by atoms with Crippen molar-refractivity contribution in [3.8, 4) is 0 Å². The second-order valence-corrected chi connectivity index (χ2v) is 4.87. The molecule has 1 N–H and O–H groups in total. The minimum absolute atomic E-state index is 0.0258. The second-order valence-electron chi connectivity index (χ2n) is 4.87. The Bertz CT molecular complexity index is 622. The predicted octanol–water partition coefficient (Wildman–Crippen LogP) is 0.635. The van der Waals surface area contributed by atoms with Gasteiger partial charge in [-0.25, -0.2) is 0 Å². The van der Waals surface area contributed by atoms with Gasteiger partial charge in [-0.2, -0.15) is 0 Å². The molecule has 0 aliphatic carbocycles. The molecule has 1 unspecified atom stereocenters. The first kappa shape index (κ1) is 12.1. The molecule has 6 heteroatoms. The van der Waals surface area contributed by atoms with Gasteiger partial charge in [-0.3, -0.25) is 9.20 Å².